The van der Waals surface area contributed by atoms with Crippen molar-refractivity contribution in [2.75, 3.05) is 5.32 Å². The maximum Gasteiger partial charge on any atom is 0.307 e. The lowest BCUT2D eigenvalue weighted by Crippen LogP contribution is -2.30. The van der Waals surface area contributed by atoms with Crippen molar-refractivity contribution in [1.82, 2.24) is 0 Å². The third kappa shape index (κ3) is 6.14. The largest absolute Gasteiger partial charge is 0.453 e. The van der Waals surface area contributed by atoms with Crippen LogP contribution in [0.3, 0.4) is 0 Å². The van der Waals surface area contributed by atoms with Crippen molar-refractivity contribution in [1.29, 1.82) is 0 Å². The van der Waals surface area contributed by atoms with Gasteiger partial charge in [-0.3, -0.25) is 19.2 Å². The Morgan fingerprint density at radius 3 is 2.26 bits per heavy atom. The van der Waals surface area contributed by atoms with E-state index < -0.39 is 18.0 Å². The monoisotopic (exact) mass is 387 g/mol. The van der Waals surface area contributed by atoms with Gasteiger partial charge < -0.3 is 10.1 Å². The first-order valence-electron chi connectivity index (χ1n) is 8.47. The van der Waals surface area contributed by atoms with Crippen LogP contribution in [0.5, 0.6) is 0 Å². The van der Waals surface area contributed by atoms with Gasteiger partial charge in [0, 0.05) is 22.5 Å². The van der Waals surface area contributed by atoms with E-state index in [9.17, 15) is 19.2 Å². The van der Waals surface area contributed by atoms with Crippen LogP contribution >= 0.6 is 11.3 Å². The van der Waals surface area contributed by atoms with Crippen LogP contribution in [0.1, 0.15) is 51.6 Å². The van der Waals surface area contributed by atoms with Crippen molar-refractivity contribution >= 4 is 40.5 Å². The molecule has 6 nitrogen and oxygen atoms in total. The van der Waals surface area contributed by atoms with Gasteiger partial charge >= 0.3 is 5.97 Å². The first kappa shape index (κ1) is 20.5. The highest BCUT2D eigenvalue weighted by Crippen LogP contribution is 2.18. The molecule has 2 rings (SSSR count). The van der Waals surface area contributed by atoms with Crippen molar-refractivity contribution in [2.45, 2.75) is 39.7 Å². The van der Waals surface area contributed by atoms with Crippen LogP contribution in [0, 0.1) is 6.92 Å². The van der Waals surface area contributed by atoms with Gasteiger partial charge in [-0.2, -0.15) is 0 Å². The van der Waals surface area contributed by atoms with E-state index in [1.807, 2.05) is 13.0 Å². The van der Waals surface area contributed by atoms with Gasteiger partial charge in [0.2, 0.25) is 0 Å². The number of esters is 1. The van der Waals surface area contributed by atoms with Gasteiger partial charge in [-0.15, -0.1) is 11.3 Å². The molecule has 0 aliphatic rings. The molecule has 0 saturated carbocycles. The Morgan fingerprint density at radius 1 is 1.04 bits per heavy atom. The highest BCUT2D eigenvalue weighted by Gasteiger charge is 2.19. The predicted molar refractivity (Wildman–Crippen MR) is 103 cm³/mol. The summed E-state index contributed by atoms with van der Waals surface area (Å²) < 4.78 is 5.08. The maximum atomic E-state index is 12.1. The van der Waals surface area contributed by atoms with E-state index in [0.29, 0.717) is 16.1 Å². The van der Waals surface area contributed by atoms with E-state index in [2.05, 4.69) is 5.32 Å². The van der Waals surface area contributed by atoms with E-state index in [0.717, 1.165) is 4.88 Å². The van der Waals surface area contributed by atoms with Crippen molar-refractivity contribution in [3.63, 3.8) is 0 Å². The fourth-order valence-electron chi connectivity index (χ4n) is 2.26. The molecule has 7 heteroatoms. The van der Waals surface area contributed by atoms with E-state index in [1.54, 1.807) is 30.3 Å². The Hall–Kier alpha value is -2.80. The second kappa shape index (κ2) is 9.23. The summed E-state index contributed by atoms with van der Waals surface area (Å²) in [7, 11) is 0. The summed E-state index contributed by atoms with van der Waals surface area (Å²) in [6.45, 7) is 4.82. The molecule has 1 aromatic heterocycles. The third-order valence-corrected chi connectivity index (χ3v) is 4.85. The highest BCUT2D eigenvalue weighted by atomic mass is 32.1. The molecular weight excluding hydrogens is 366 g/mol. The number of anilines is 1. The van der Waals surface area contributed by atoms with Gasteiger partial charge in [-0.05, 0) is 57.2 Å². The molecule has 0 unspecified atom stereocenters. The van der Waals surface area contributed by atoms with Crippen LogP contribution in [0.2, 0.25) is 0 Å². The number of carbonyl (C=O) groups excluding carboxylic acids is 4. The molecular formula is C20H21NO5S. The fraction of sp³-hybridized carbons (Fsp3) is 0.300. The molecule has 1 amide bonds. The van der Waals surface area contributed by atoms with Gasteiger partial charge in [-0.25, -0.2) is 0 Å². The van der Waals surface area contributed by atoms with Crippen LogP contribution in [0.4, 0.5) is 5.69 Å². The van der Waals surface area contributed by atoms with Gasteiger partial charge in [0.15, 0.2) is 17.7 Å². The number of hydrogen-bond acceptors (Lipinski definition) is 6. The summed E-state index contributed by atoms with van der Waals surface area (Å²) >= 11 is 1.38. The van der Waals surface area contributed by atoms with E-state index >= 15 is 0 Å². The normalized spacial score (nSPS) is 11.5. The van der Waals surface area contributed by atoms with Crippen molar-refractivity contribution in [3.05, 3.63) is 51.7 Å². The number of ether oxygens (including phenoxy) is 1. The maximum absolute atomic E-state index is 12.1. The number of benzene rings is 1. The molecule has 1 N–H and O–H groups in total. The van der Waals surface area contributed by atoms with Crippen LogP contribution in [-0.2, 0) is 14.3 Å². The number of Topliss-reactive ketones (excluding diaryl/α,β-unsaturated/α-hetero) is 2. The Morgan fingerprint density at radius 2 is 1.70 bits per heavy atom. The number of hydrogen-bond donors (Lipinski definition) is 1. The summed E-state index contributed by atoms with van der Waals surface area (Å²) in [6, 6.07) is 10.0. The molecule has 1 aromatic carbocycles. The van der Waals surface area contributed by atoms with Gasteiger partial charge in [0.25, 0.3) is 5.91 Å². The lowest BCUT2D eigenvalue weighted by atomic mass is 10.1. The summed E-state index contributed by atoms with van der Waals surface area (Å²) in [4.78, 5) is 48.9. The predicted octanol–water partition coefficient (Wildman–Crippen LogP) is 3.79. The molecule has 0 fully saturated rings. The Bertz CT molecular complexity index is 854. The average Bonchev–Trinajstić information content (AvgIpc) is 3.06. The van der Waals surface area contributed by atoms with Crippen LogP contribution in [0.15, 0.2) is 36.4 Å². The second-order valence-corrected chi connectivity index (χ2v) is 7.38. The van der Waals surface area contributed by atoms with Crippen LogP contribution in [0.25, 0.3) is 0 Å². The van der Waals surface area contributed by atoms with E-state index in [1.165, 1.54) is 25.2 Å². The summed E-state index contributed by atoms with van der Waals surface area (Å²) in [5, 5.41) is 2.61. The minimum Gasteiger partial charge on any atom is -0.453 e. The molecule has 1 heterocycles. The lowest BCUT2D eigenvalue weighted by molar-refractivity contribution is -0.153. The number of rotatable bonds is 8. The number of amides is 1. The fourth-order valence-corrected chi connectivity index (χ4v) is 3.10. The average molecular weight is 387 g/mol. The zero-order chi connectivity index (χ0) is 20.0. The lowest BCUT2D eigenvalue weighted by Gasteiger charge is -2.13. The summed E-state index contributed by atoms with van der Waals surface area (Å²) in [6.07, 6.45) is -1.04. The van der Waals surface area contributed by atoms with E-state index in [-0.39, 0.29) is 24.4 Å². The van der Waals surface area contributed by atoms with Crippen molar-refractivity contribution in [2.24, 2.45) is 0 Å². The number of nitrogens with one attached hydrogen (secondary N) is 1. The zero-order valence-electron chi connectivity index (χ0n) is 15.4. The zero-order valence-corrected chi connectivity index (χ0v) is 16.2. The minimum absolute atomic E-state index is 0.0413. The number of ketones is 2. The summed E-state index contributed by atoms with van der Waals surface area (Å²) in [5.74, 6) is -1.28. The first-order valence-corrected chi connectivity index (χ1v) is 9.29. The molecule has 0 radical (unpaired) electrons. The smallest absolute Gasteiger partial charge is 0.307 e. The molecule has 0 aliphatic heterocycles. The molecule has 0 bridgehead atoms. The second-order valence-electron chi connectivity index (χ2n) is 6.09. The quantitative estimate of drug-likeness (QED) is 0.550. The Balaban J connectivity index is 1.80. The standard InChI is InChI=1S/C20H21NO5S/c1-12-4-10-18(27-12)17(23)9-11-19(24)26-14(3)20(25)21-16-7-5-15(6-8-16)13(2)22/h4-8,10,14H,9,11H2,1-3H3,(H,21,25)/t14-/m0/s1. The number of thiophene rings is 1. The molecule has 27 heavy (non-hydrogen) atoms. The topological polar surface area (TPSA) is 89.5 Å². The number of carbonyl (C=O) groups is 4. The van der Waals surface area contributed by atoms with E-state index in [4.69, 9.17) is 4.74 Å². The summed E-state index contributed by atoms with van der Waals surface area (Å²) in [5.41, 5.74) is 1.04. The molecule has 1 atom stereocenters. The van der Waals surface area contributed by atoms with Crippen molar-refractivity contribution in [3.8, 4) is 0 Å². The SMILES string of the molecule is CC(=O)c1ccc(NC(=O)[C@H](C)OC(=O)CCC(=O)c2ccc(C)s2)cc1. The molecule has 142 valence electrons. The Labute approximate surface area is 161 Å². The van der Waals surface area contributed by atoms with Crippen LogP contribution in [-0.4, -0.2) is 29.5 Å². The number of aryl methyl sites for hydroxylation is 1. The molecule has 2 aromatic rings. The van der Waals surface area contributed by atoms with Gasteiger partial charge in [0.05, 0.1) is 11.3 Å². The molecule has 0 saturated heterocycles. The minimum atomic E-state index is -0.996. The van der Waals surface area contributed by atoms with Crippen molar-refractivity contribution < 1.29 is 23.9 Å². The van der Waals surface area contributed by atoms with Gasteiger partial charge in [-0.1, -0.05) is 0 Å². The highest BCUT2D eigenvalue weighted by molar-refractivity contribution is 7.14. The Kier molecular flexibility index (Phi) is 7.01. The molecule has 0 spiro atoms. The first-order chi connectivity index (χ1) is 12.8. The van der Waals surface area contributed by atoms with Crippen LogP contribution < -0.4 is 5.32 Å². The third-order valence-electron chi connectivity index (χ3n) is 3.81. The molecule has 0 aliphatic carbocycles. The van der Waals surface area contributed by atoms with Gasteiger partial charge in [0.1, 0.15) is 0 Å².